The van der Waals surface area contributed by atoms with Crippen molar-refractivity contribution in [1.82, 2.24) is 9.97 Å². The minimum Gasteiger partial charge on any atom is -0.331 e. The SMILES string of the molecule is CS(=O)c1ncc(-c2ccccc2)[nH]1. The van der Waals surface area contributed by atoms with Crippen LogP contribution in [0.4, 0.5) is 0 Å². The number of nitrogens with one attached hydrogen (secondary N) is 1. The smallest absolute Gasteiger partial charge is 0.196 e. The van der Waals surface area contributed by atoms with E-state index >= 15 is 0 Å². The molecular formula is C10H10N2OS. The topological polar surface area (TPSA) is 45.8 Å². The minimum atomic E-state index is -1.05. The molecule has 3 nitrogen and oxygen atoms in total. The molecule has 1 aromatic carbocycles. The van der Waals surface area contributed by atoms with Crippen LogP contribution in [0.3, 0.4) is 0 Å². The van der Waals surface area contributed by atoms with Crippen LogP contribution in [0.25, 0.3) is 11.3 Å². The molecule has 72 valence electrons. The maximum absolute atomic E-state index is 11.1. The van der Waals surface area contributed by atoms with Gasteiger partial charge in [0, 0.05) is 6.26 Å². The third-order valence-electron chi connectivity index (χ3n) is 1.91. The van der Waals surface area contributed by atoms with Crippen molar-refractivity contribution in [3.8, 4) is 11.3 Å². The Morgan fingerprint density at radius 1 is 1.29 bits per heavy atom. The number of aromatic nitrogens is 2. The number of hydrogen-bond donors (Lipinski definition) is 1. The Morgan fingerprint density at radius 3 is 2.57 bits per heavy atom. The molecule has 1 heterocycles. The number of rotatable bonds is 2. The van der Waals surface area contributed by atoms with Crippen LogP contribution >= 0.6 is 0 Å². The van der Waals surface area contributed by atoms with Crippen LogP contribution in [-0.2, 0) is 10.8 Å². The van der Waals surface area contributed by atoms with Gasteiger partial charge in [-0.3, -0.25) is 4.21 Å². The van der Waals surface area contributed by atoms with Crippen LogP contribution in [0.5, 0.6) is 0 Å². The van der Waals surface area contributed by atoms with E-state index in [1.165, 1.54) is 0 Å². The molecule has 4 heteroatoms. The van der Waals surface area contributed by atoms with Crippen molar-refractivity contribution < 1.29 is 4.21 Å². The molecule has 0 saturated carbocycles. The Labute approximate surface area is 84.7 Å². The Morgan fingerprint density at radius 2 is 2.00 bits per heavy atom. The number of hydrogen-bond acceptors (Lipinski definition) is 2. The fourth-order valence-electron chi connectivity index (χ4n) is 1.21. The first kappa shape index (κ1) is 9.15. The third-order valence-corrected chi connectivity index (χ3v) is 2.66. The van der Waals surface area contributed by atoms with Gasteiger partial charge >= 0.3 is 0 Å². The van der Waals surface area contributed by atoms with E-state index in [2.05, 4.69) is 9.97 Å². The van der Waals surface area contributed by atoms with Gasteiger partial charge in [-0.2, -0.15) is 0 Å². The largest absolute Gasteiger partial charge is 0.331 e. The van der Waals surface area contributed by atoms with Gasteiger partial charge in [0.05, 0.1) is 22.7 Å². The van der Waals surface area contributed by atoms with Gasteiger partial charge in [-0.1, -0.05) is 30.3 Å². The number of benzene rings is 1. The number of imidazole rings is 1. The van der Waals surface area contributed by atoms with E-state index in [-0.39, 0.29) is 0 Å². The van der Waals surface area contributed by atoms with Crippen molar-refractivity contribution in [2.75, 3.05) is 6.26 Å². The van der Waals surface area contributed by atoms with Crippen LogP contribution in [-0.4, -0.2) is 20.4 Å². The second-order valence-electron chi connectivity index (χ2n) is 2.92. The molecule has 0 fully saturated rings. The van der Waals surface area contributed by atoms with E-state index in [9.17, 15) is 4.21 Å². The van der Waals surface area contributed by atoms with Crippen molar-refractivity contribution >= 4 is 10.8 Å². The Kier molecular flexibility index (Phi) is 2.45. The molecule has 14 heavy (non-hydrogen) atoms. The van der Waals surface area contributed by atoms with E-state index in [4.69, 9.17) is 0 Å². The first-order valence-electron chi connectivity index (χ1n) is 4.21. The predicted octanol–water partition coefficient (Wildman–Crippen LogP) is 1.81. The molecule has 0 spiro atoms. The average Bonchev–Trinajstić information content (AvgIpc) is 2.68. The highest BCUT2D eigenvalue weighted by atomic mass is 32.2. The molecule has 2 rings (SSSR count). The summed E-state index contributed by atoms with van der Waals surface area (Å²) in [5.74, 6) is 0. The summed E-state index contributed by atoms with van der Waals surface area (Å²) in [5.41, 5.74) is 1.95. The number of nitrogens with zero attached hydrogens (tertiary/aromatic N) is 1. The molecule has 0 saturated heterocycles. The maximum atomic E-state index is 11.1. The van der Waals surface area contributed by atoms with Crippen molar-refractivity contribution in [3.63, 3.8) is 0 Å². The van der Waals surface area contributed by atoms with E-state index < -0.39 is 10.8 Å². The van der Waals surface area contributed by atoms with Gasteiger partial charge < -0.3 is 4.98 Å². The van der Waals surface area contributed by atoms with Gasteiger partial charge in [-0.05, 0) is 5.56 Å². The zero-order valence-electron chi connectivity index (χ0n) is 7.73. The van der Waals surface area contributed by atoms with Gasteiger partial charge in [0.25, 0.3) is 0 Å². The molecule has 1 N–H and O–H groups in total. The van der Waals surface area contributed by atoms with E-state index in [0.29, 0.717) is 5.16 Å². The van der Waals surface area contributed by atoms with Gasteiger partial charge in [0.2, 0.25) is 0 Å². The Hall–Kier alpha value is -1.42. The summed E-state index contributed by atoms with van der Waals surface area (Å²) in [6, 6.07) is 9.84. The predicted molar refractivity (Wildman–Crippen MR) is 56.4 cm³/mol. The lowest BCUT2D eigenvalue weighted by Gasteiger charge is -1.94. The fraction of sp³-hybridized carbons (Fsp3) is 0.100. The maximum Gasteiger partial charge on any atom is 0.196 e. The van der Waals surface area contributed by atoms with Gasteiger partial charge in [-0.15, -0.1) is 0 Å². The van der Waals surface area contributed by atoms with E-state index in [0.717, 1.165) is 11.3 Å². The molecule has 1 unspecified atom stereocenters. The highest BCUT2D eigenvalue weighted by molar-refractivity contribution is 7.84. The van der Waals surface area contributed by atoms with E-state index in [1.807, 2.05) is 30.3 Å². The fourth-order valence-corrected chi connectivity index (χ4v) is 1.67. The molecule has 0 amide bonds. The van der Waals surface area contributed by atoms with Crippen molar-refractivity contribution in [2.24, 2.45) is 0 Å². The normalized spacial score (nSPS) is 12.6. The molecule has 0 aliphatic heterocycles. The lowest BCUT2D eigenvalue weighted by molar-refractivity contribution is 0.681. The summed E-state index contributed by atoms with van der Waals surface area (Å²) in [7, 11) is -1.05. The summed E-state index contributed by atoms with van der Waals surface area (Å²) in [6.07, 6.45) is 3.31. The van der Waals surface area contributed by atoms with Crippen LogP contribution in [0.15, 0.2) is 41.7 Å². The van der Waals surface area contributed by atoms with Crippen LogP contribution in [0.2, 0.25) is 0 Å². The van der Waals surface area contributed by atoms with Crippen LogP contribution < -0.4 is 0 Å². The Balaban J connectivity index is 2.39. The second-order valence-corrected chi connectivity index (χ2v) is 4.22. The van der Waals surface area contributed by atoms with Crippen LogP contribution in [0, 0.1) is 0 Å². The third kappa shape index (κ3) is 1.75. The summed E-state index contributed by atoms with van der Waals surface area (Å²) >= 11 is 0. The summed E-state index contributed by atoms with van der Waals surface area (Å²) in [6.45, 7) is 0. The molecule has 0 radical (unpaired) electrons. The summed E-state index contributed by atoms with van der Waals surface area (Å²) < 4.78 is 11.1. The van der Waals surface area contributed by atoms with Gasteiger partial charge in [0.15, 0.2) is 5.16 Å². The van der Waals surface area contributed by atoms with Crippen molar-refractivity contribution in [3.05, 3.63) is 36.5 Å². The molecule has 1 atom stereocenters. The van der Waals surface area contributed by atoms with Crippen LogP contribution in [0.1, 0.15) is 0 Å². The minimum absolute atomic E-state index is 0.517. The quantitative estimate of drug-likeness (QED) is 0.814. The number of H-pyrrole nitrogens is 1. The van der Waals surface area contributed by atoms with Crippen molar-refractivity contribution in [2.45, 2.75) is 5.16 Å². The van der Waals surface area contributed by atoms with Crippen molar-refractivity contribution in [1.29, 1.82) is 0 Å². The molecule has 0 aliphatic rings. The standard InChI is InChI=1S/C10H10N2OS/c1-14(13)10-11-7-9(12-10)8-5-3-2-4-6-8/h2-7H,1H3,(H,11,12). The lowest BCUT2D eigenvalue weighted by atomic mass is 10.2. The highest BCUT2D eigenvalue weighted by Crippen LogP contribution is 2.16. The van der Waals surface area contributed by atoms with E-state index in [1.54, 1.807) is 12.5 Å². The number of aromatic amines is 1. The average molecular weight is 206 g/mol. The lowest BCUT2D eigenvalue weighted by Crippen LogP contribution is -1.89. The molecular weight excluding hydrogens is 196 g/mol. The molecule has 2 aromatic rings. The monoisotopic (exact) mass is 206 g/mol. The van der Waals surface area contributed by atoms with Gasteiger partial charge in [-0.25, -0.2) is 4.98 Å². The first-order chi connectivity index (χ1) is 6.77. The van der Waals surface area contributed by atoms with Gasteiger partial charge in [0.1, 0.15) is 0 Å². The molecule has 0 bridgehead atoms. The first-order valence-corrected chi connectivity index (χ1v) is 5.77. The highest BCUT2D eigenvalue weighted by Gasteiger charge is 2.04. The molecule has 1 aromatic heterocycles. The zero-order valence-corrected chi connectivity index (χ0v) is 8.54. The Bertz CT molecular complexity index is 450. The second kappa shape index (κ2) is 3.75. The molecule has 0 aliphatic carbocycles. The summed E-state index contributed by atoms with van der Waals surface area (Å²) in [5, 5.41) is 0.517. The summed E-state index contributed by atoms with van der Waals surface area (Å²) in [4.78, 5) is 7.05. The zero-order chi connectivity index (χ0) is 9.97.